The molecule has 3 aliphatic rings. The first-order valence-corrected chi connectivity index (χ1v) is 13.3. The van der Waals surface area contributed by atoms with E-state index in [9.17, 15) is 9.59 Å². The molecule has 2 aromatic carbocycles. The van der Waals surface area contributed by atoms with E-state index in [1.807, 2.05) is 60.4 Å². The summed E-state index contributed by atoms with van der Waals surface area (Å²) in [6.45, 7) is 11.7. The molecule has 1 N–H and O–H groups in total. The molecule has 0 spiro atoms. The second-order valence-corrected chi connectivity index (χ2v) is 11.9. The second-order valence-electron chi connectivity index (χ2n) is 11.9. The number of ether oxygens (including phenoxy) is 1. The molecule has 6 heteroatoms. The average molecular weight is 490 g/mol. The quantitative estimate of drug-likeness (QED) is 0.482. The summed E-state index contributed by atoms with van der Waals surface area (Å²) in [5.74, 6) is 0.176. The fraction of sp³-hybridized carbons (Fsp3) is 0.533. The topological polar surface area (TPSA) is 61.9 Å². The van der Waals surface area contributed by atoms with Crippen molar-refractivity contribution in [1.82, 2.24) is 9.80 Å². The molecule has 192 valence electrons. The Morgan fingerprint density at radius 2 is 1.83 bits per heavy atom. The first-order chi connectivity index (χ1) is 17.2. The molecule has 2 amide bonds. The van der Waals surface area contributed by atoms with Gasteiger partial charge in [-0.2, -0.15) is 0 Å². The van der Waals surface area contributed by atoms with Gasteiger partial charge in [0.25, 0.3) is 11.8 Å². The number of hydrogen-bond donors (Lipinski definition) is 1. The minimum Gasteiger partial charge on any atom is -0.382 e. The summed E-state index contributed by atoms with van der Waals surface area (Å²) in [4.78, 5) is 30.6. The Labute approximate surface area is 215 Å². The second kappa shape index (κ2) is 9.55. The van der Waals surface area contributed by atoms with Crippen LogP contribution in [0.3, 0.4) is 0 Å². The van der Waals surface area contributed by atoms with E-state index in [2.05, 4.69) is 31.0 Å². The van der Waals surface area contributed by atoms with E-state index >= 15 is 0 Å². The molecule has 5 rings (SSSR count). The average Bonchev–Trinajstić information content (AvgIpc) is 3.25. The molecule has 1 saturated heterocycles. The first kappa shape index (κ1) is 24.8. The van der Waals surface area contributed by atoms with E-state index in [4.69, 9.17) is 4.74 Å². The van der Waals surface area contributed by atoms with Crippen molar-refractivity contribution in [3.63, 3.8) is 0 Å². The SMILES string of the molecule is CCOCCCN1C(=O)c2ccccc2C1Nc1ccc(C(=O)N2CC3(C)CC2CC(C)(C)C3)cc1. The Kier molecular flexibility index (Phi) is 6.58. The van der Waals surface area contributed by atoms with Crippen molar-refractivity contribution >= 4 is 17.5 Å². The van der Waals surface area contributed by atoms with Crippen molar-refractivity contribution in [2.45, 2.75) is 65.6 Å². The Balaban J connectivity index is 1.30. The van der Waals surface area contributed by atoms with Gasteiger partial charge in [0.1, 0.15) is 6.17 Å². The maximum atomic E-state index is 13.5. The number of amides is 2. The molecule has 1 aliphatic carbocycles. The van der Waals surface area contributed by atoms with Crippen LogP contribution in [0.1, 0.15) is 85.8 Å². The van der Waals surface area contributed by atoms with E-state index in [0.717, 1.165) is 48.2 Å². The molecule has 2 bridgehead atoms. The van der Waals surface area contributed by atoms with Gasteiger partial charge in [-0.05, 0) is 73.8 Å². The lowest BCUT2D eigenvalue weighted by molar-refractivity contribution is 0.0700. The van der Waals surface area contributed by atoms with Crippen LogP contribution in [0.5, 0.6) is 0 Å². The lowest BCUT2D eigenvalue weighted by Gasteiger charge is -2.39. The van der Waals surface area contributed by atoms with Crippen LogP contribution in [0.2, 0.25) is 0 Å². The maximum absolute atomic E-state index is 13.5. The number of benzene rings is 2. The summed E-state index contributed by atoms with van der Waals surface area (Å²) in [5, 5.41) is 3.55. The Morgan fingerprint density at radius 1 is 1.08 bits per heavy atom. The van der Waals surface area contributed by atoms with Gasteiger partial charge in [-0.25, -0.2) is 0 Å². The van der Waals surface area contributed by atoms with Gasteiger partial charge in [-0.15, -0.1) is 0 Å². The highest BCUT2D eigenvalue weighted by atomic mass is 16.5. The van der Waals surface area contributed by atoms with E-state index in [1.54, 1.807) is 0 Å². The highest BCUT2D eigenvalue weighted by Gasteiger charge is 2.51. The molecule has 2 fully saturated rings. The molecular formula is C30H39N3O3. The number of hydrogen-bond acceptors (Lipinski definition) is 4. The molecular weight excluding hydrogens is 450 g/mol. The smallest absolute Gasteiger partial charge is 0.256 e. The molecule has 3 atom stereocenters. The zero-order chi connectivity index (χ0) is 25.5. The number of nitrogens with one attached hydrogen (secondary N) is 1. The molecule has 1 saturated carbocycles. The van der Waals surface area contributed by atoms with Crippen molar-refractivity contribution < 1.29 is 14.3 Å². The summed E-state index contributed by atoms with van der Waals surface area (Å²) in [6.07, 6.45) is 3.90. The zero-order valence-corrected chi connectivity index (χ0v) is 22.0. The maximum Gasteiger partial charge on any atom is 0.256 e. The summed E-state index contributed by atoms with van der Waals surface area (Å²) in [7, 11) is 0. The van der Waals surface area contributed by atoms with Gasteiger partial charge < -0.3 is 19.9 Å². The number of fused-ring (bicyclic) bond motifs is 3. The van der Waals surface area contributed by atoms with Gasteiger partial charge in [-0.3, -0.25) is 9.59 Å². The summed E-state index contributed by atoms with van der Waals surface area (Å²) in [6, 6.07) is 15.9. The van der Waals surface area contributed by atoms with Crippen molar-refractivity contribution in [1.29, 1.82) is 0 Å². The van der Waals surface area contributed by atoms with Gasteiger partial charge in [0.2, 0.25) is 0 Å². The van der Waals surface area contributed by atoms with Crippen molar-refractivity contribution in [3.8, 4) is 0 Å². The fourth-order valence-electron chi connectivity index (χ4n) is 6.97. The number of rotatable bonds is 8. The van der Waals surface area contributed by atoms with E-state index in [1.165, 1.54) is 6.42 Å². The van der Waals surface area contributed by atoms with Gasteiger partial charge in [-0.1, -0.05) is 39.0 Å². The Hall–Kier alpha value is -2.86. The van der Waals surface area contributed by atoms with Gasteiger partial charge in [0.05, 0.1) is 0 Å². The standard InChI is InChI=1S/C30H39N3O3/c1-5-36-16-8-15-32-26(24-9-6-7-10-25(24)28(32)35)31-22-13-11-21(12-14-22)27(34)33-20-30(4)18-23(33)17-29(2,3)19-30/h6-7,9-14,23,26,31H,5,8,15-20H2,1-4H3. The van der Waals surface area contributed by atoms with Crippen molar-refractivity contribution in [2.24, 2.45) is 10.8 Å². The fourth-order valence-corrected chi connectivity index (χ4v) is 6.97. The minimum atomic E-state index is -0.239. The van der Waals surface area contributed by atoms with E-state index in [-0.39, 0.29) is 28.8 Å². The van der Waals surface area contributed by atoms with Gasteiger partial charge >= 0.3 is 0 Å². The minimum absolute atomic E-state index is 0.0444. The van der Waals surface area contributed by atoms with Crippen LogP contribution in [0.4, 0.5) is 5.69 Å². The number of anilines is 1. The number of likely N-dealkylation sites (tertiary alicyclic amines) is 1. The third kappa shape index (κ3) is 4.75. The Morgan fingerprint density at radius 3 is 2.58 bits per heavy atom. The molecule has 6 nitrogen and oxygen atoms in total. The van der Waals surface area contributed by atoms with Gasteiger partial charge in [0.15, 0.2) is 0 Å². The van der Waals surface area contributed by atoms with Crippen molar-refractivity contribution in [2.75, 3.05) is 31.6 Å². The van der Waals surface area contributed by atoms with Crippen LogP contribution in [0.15, 0.2) is 48.5 Å². The predicted octanol–water partition coefficient (Wildman–Crippen LogP) is 5.72. The molecule has 0 aromatic heterocycles. The Bertz CT molecular complexity index is 1130. The van der Waals surface area contributed by atoms with Crippen LogP contribution in [0, 0.1) is 10.8 Å². The van der Waals surface area contributed by atoms with Crippen molar-refractivity contribution in [3.05, 3.63) is 65.2 Å². The lowest BCUT2D eigenvalue weighted by atomic mass is 9.65. The molecule has 3 unspecified atom stereocenters. The van der Waals surface area contributed by atoms with E-state index < -0.39 is 0 Å². The molecule has 2 aromatic rings. The molecule has 2 heterocycles. The highest BCUT2D eigenvalue weighted by Crippen LogP contribution is 2.52. The summed E-state index contributed by atoms with van der Waals surface area (Å²) >= 11 is 0. The largest absolute Gasteiger partial charge is 0.382 e. The third-order valence-electron chi connectivity index (χ3n) is 8.06. The molecule has 36 heavy (non-hydrogen) atoms. The van der Waals surface area contributed by atoms with Crippen LogP contribution in [-0.4, -0.2) is 54.0 Å². The number of carbonyl (C=O) groups is 2. The molecule has 2 aliphatic heterocycles. The number of carbonyl (C=O) groups excluding carboxylic acids is 2. The van der Waals surface area contributed by atoms with E-state index in [0.29, 0.717) is 25.8 Å². The monoisotopic (exact) mass is 489 g/mol. The van der Waals surface area contributed by atoms with Crippen LogP contribution >= 0.6 is 0 Å². The number of nitrogens with zero attached hydrogens (tertiary/aromatic N) is 2. The van der Waals surface area contributed by atoms with Crippen LogP contribution < -0.4 is 5.32 Å². The van der Waals surface area contributed by atoms with Gasteiger partial charge in [0, 0.05) is 54.7 Å². The predicted molar refractivity (Wildman–Crippen MR) is 142 cm³/mol. The van der Waals surface area contributed by atoms with Crippen LogP contribution in [0.25, 0.3) is 0 Å². The zero-order valence-electron chi connectivity index (χ0n) is 22.0. The lowest BCUT2D eigenvalue weighted by Crippen LogP contribution is -2.37. The summed E-state index contributed by atoms with van der Waals surface area (Å²) in [5.41, 5.74) is 3.85. The molecule has 0 radical (unpaired) electrons. The highest BCUT2D eigenvalue weighted by molar-refractivity contribution is 5.99. The first-order valence-electron chi connectivity index (χ1n) is 13.3. The van der Waals surface area contributed by atoms with Crippen LogP contribution in [-0.2, 0) is 4.74 Å². The third-order valence-corrected chi connectivity index (χ3v) is 8.06. The normalized spacial score (nSPS) is 26.3. The summed E-state index contributed by atoms with van der Waals surface area (Å²) < 4.78 is 5.49.